The Morgan fingerprint density at radius 3 is 2.33 bits per heavy atom. The smallest absolute Gasteiger partial charge is 0.306 e. The molecule has 0 aromatic heterocycles. The highest BCUT2D eigenvalue weighted by Crippen LogP contribution is 2.26. The highest BCUT2D eigenvalue weighted by molar-refractivity contribution is 5.81. The quantitative estimate of drug-likeness (QED) is 0.764. The lowest BCUT2D eigenvalue weighted by molar-refractivity contribution is -0.142. The molecule has 0 radical (unpaired) electrons. The van der Waals surface area contributed by atoms with Crippen LogP contribution in [0.1, 0.15) is 64.7 Å². The Bertz CT molecular complexity index is 363. The molecule has 3 atom stereocenters. The molecular formula is C16H27NO4. The van der Waals surface area contributed by atoms with E-state index in [-0.39, 0.29) is 24.0 Å². The van der Waals surface area contributed by atoms with Gasteiger partial charge < -0.3 is 15.2 Å². The molecule has 0 aromatic rings. The summed E-state index contributed by atoms with van der Waals surface area (Å²) in [4.78, 5) is 23.1. The van der Waals surface area contributed by atoms with Gasteiger partial charge in [-0.15, -0.1) is 0 Å². The predicted octanol–water partition coefficient (Wildman–Crippen LogP) is 2.48. The van der Waals surface area contributed by atoms with E-state index in [4.69, 9.17) is 9.84 Å². The normalized spacial score (nSPS) is 28.8. The van der Waals surface area contributed by atoms with Gasteiger partial charge in [0.15, 0.2) is 0 Å². The Morgan fingerprint density at radius 2 is 1.76 bits per heavy atom. The van der Waals surface area contributed by atoms with Gasteiger partial charge in [-0.2, -0.15) is 0 Å². The number of carbonyl (C=O) groups is 2. The number of ether oxygens (including phenoxy) is 1. The van der Waals surface area contributed by atoms with Gasteiger partial charge in [0.1, 0.15) is 6.10 Å². The third kappa shape index (κ3) is 4.99. The maximum atomic E-state index is 12.2. The van der Waals surface area contributed by atoms with Crippen molar-refractivity contribution < 1.29 is 19.4 Å². The van der Waals surface area contributed by atoms with Crippen LogP contribution in [0.3, 0.4) is 0 Å². The second-order valence-electron chi connectivity index (χ2n) is 6.45. The zero-order valence-electron chi connectivity index (χ0n) is 12.8. The van der Waals surface area contributed by atoms with Crippen molar-refractivity contribution in [1.29, 1.82) is 0 Å². The molecule has 0 spiro atoms. The van der Waals surface area contributed by atoms with Crippen LogP contribution in [0.4, 0.5) is 0 Å². The van der Waals surface area contributed by atoms with Gasteiger partial charge in [-0.25, -0.2) is 0 Å². The van der Waals surface area contributed by atoms with Crippen molar-refractivity contribution in [2.24, 2.45) is 5.92 Å². The molecule has 0 heterocycles. The zero-order chi connectivity index (χ0) is 15.2. The summed E-state index contributed by atoms with van der Waals surface area (Å²) in [5.74, 6) is -1.17. The first-order valence-electron chi connectivity index (χ1n) is 8.25. The van der Waals surface area contributed by atoms with Crippen LogP contribution in [0.2, 0.25) is 0 Å². The van der Waals surface area contributed by atoms with Crippen LogP contribution in [-0.4, -0.2) is 35.2 Å². The fourth-order valence-corrected chi connectivity index (χ4v) is 3.38. The number of nitrogens with one attached hydrogen (secondary N) is 1. The zero-order valence-corrected chi connectivity index (χ0v) is 12.8. The Morgan fingerprint density at radius 1 is 1.10 bits per heavy atom. The number of hydrogen-bond acceptors (Lipinski definition) is 3. The van der Waals surface area contributed by atoms with Crippen molar-refractivity contribution >= 4 is 11.9 Å². The topological polar surface area (TPSA) is 75.6 Å². The van der Waals surface area contributed by atoms with Crippen LogP contribution in [0, 0.1) is 5.92 Å². The van der Waals surface area contributed by atoms with Crippen LogP contribution < -0.4 is 5.32 Å². The largest absolute Gasteiger partial charge is 0.481 e. The summed E-state index contributed by atoms with van der Waals surface area (Å²) in [5.41, 5.74) is 0. The summed E-state index contributed by atoms with van der Waals surface area (Å²) >= 11 is 0. The number of carboxylic acids is 1. The van der Waals surface area contributed by atoms with E-state index in [0.29, 0.717) is 12.8 Å². The SMILES string of the molecule is CC(OC1CCCCCC1)C(=O)N[C@@H]1CC[C@H](C(=O)O)C1. The first-order valence-corrected chi connectivity index (χ1v) is 8.25. The van der Waals surface area contributed by atoms with E-state index in [1.165, 1.54) is 25.7 Å². The molecule has 2 rings (SSSR count). The molecule has 0 aliphatic heterocycles. The number of hydrogen-bond donors (Lipinski definition) is 2. The second kappa shape index (κ2) is 7.78. The molecule has 5 nitrogen and oxygen atoms in total. The van der Waals surface area contributed by atoms with Crippen molar-refractivity contribution in [3.63, 3.8) is 0 Å². The lowest BCUT2D eigenvalue weighted by atomic mass is 10.1. The van der Waals surface area contributed by atoms with E-state index in [2.05, 4.69) is 5.32 Å². The summed E-state index contributed by atoms with van der Waals surface area (Å²) in [6.45, 7) is 1.80. The Kier molecular flexibility index (Phi) is 6.03. The van der Waals surface area contributed by atoms with Crippen molar-refractivity contribution in [1.82, 2.24) is 5.32 Å². The van der Waals surface area contributed by atoms with Gasteiger partial charge >= 0.3 is 5.97 Å². The third-order valence-corrected chi connectivity index (χ3v) is 4.70. The van der Waals surface area contributed by atoms with E-state index in [9.17, 15) is 9.59 Å². The highest BCUT2D eigenvalue weighted by atomic mass is 16.5. The fraction of sp³-hybridized carbons (Fsp3) is 0.875. The molecule has 0 aromatic carbocycles. The molecular weight excluding hydrogens is 270 g/mol. The summed E-state index contributed by atoms with van der Waals surface area (Å²) < 4.78 is 5.89. The molecule has 120 valence electrons. The first kappa shape index (κ1) is 16.3. The van der Waals surface area contributed by atoms with E-state index in [1.54, 1.807) is 6.92 Å². The average Bonchev–Trinajstić information content (AvgIpc) is 2.76. The van der Waals surface area contributed by atoms with Crippen molar-refractivity contribution in [2.45, 2.75) is 83.0 Å². The number of rotatable bonds is 5. The summed E-state index contributed by atoms with van der Waals surface area (Å²) in [6.07, 6.45) is 8.67. The molecule has 1 unspecified atom stereocenters. The number of amides is 1. The van der Waals surface area contributed by atoms with Gasteiger partial charge in [0.25, 0.3) is 0 Å². The van der Waals surface area contributed by atoms with Crippen LogP contribution in [0.25, 0.3) is 0 Å². The van der Waals surface area contributed by atoms with Crippen LogP contribution in [0.5, 0.6) is 0 Å². The maximum Gasteiger partial charge on any atom is 0.306 e. The van der Waals surface area contributed by atoms with Crippen molar-refractivity contribution in [2.75, 3.05) is 0 Å². The predicted molar refractivity (Wildman–Crippen MR) is 78.9 cm³/mol. The molecule has 21 heavy (non-hydrogen) atoms. The van der Waals surface area contributed by atoms with Gasteiger partial charge in [0.2, 0.25) is 5.91 Å². The number of carboxylic acid groups (broad SMARTS) is 1. The minimum atomic E-state index is -0.755. The summed E-state index contributed by atoms with van der Waals surface area (Å²) in [7, 11) is 0. The summed E-state index contributed by atoms with van der Waals surface area (Å²) in [6, 6.07) is -0.0150. The highest BCUT2D eigenvalue weighted by Gasteiger charge is 2.31. The lowest BCUT2D eigenvalue weighted by Crippen LogP contribution is -2.41. The minimum Gasteiger partial charge on any atom is -0.481 e. The molecule has 5 heteroatoms. The van der Waals surface area contributed by atoms with Crippen LogP contribution in [-0.2, 0) is 14.3 Å². The molecule has 1 amide bonds. The van der Waals surface area contributed by atoms with Crippen molar-refractivity contribution in [3.05, 3.63) is 0 Å². The summed E-state index contributed by atoms with van der Waals surface area (Å²) in [5, 5.41) is 11.9. The Balaban J connectivity index is 1.73. The van der Waals surface area contributed by atoms with Gasteiger partial charge in [-0.1, -0.05) is 25.7 Å². The third-order valence-electron chi connectivity index (χ3n) is 4.70. The van der Waals surface area contributed by atoms with E-state index in [1.807, 2.05) is 0 Å². The number of aliphatic carboxylic acids is 1. The molecule has 2 aliphatic carbocycles. The van der Waals surface area contributed by atoms with E-state index in [0.717, 1.165) is 19.3 Å². The average molecular weight is 297 g/mol. The molecule has 2 N–H and O–H groups in total. The van der Waals surface area contributed by atoms with Gasteiger partial charge in [-0.05, 0) is 39.0 Å². The maximum absolute atomic E-state index is 12.2. The monoisotopic (exact) mass is 297 g/mol. The fourth-order valence-electron chi connectivity index (χ4n) is 3.38. The van der Waals surface area contributed by atoms with Crippen LogP contribution in [0.15, 0.2) is 0 Å². The molecule has 2 fully saturated rings. The van der Waals surface area contributed by atoms with Gasteiger partial charge in [-0.3, -0.25) is 9.59 Å². The van der Waals surface area contributed by atoms with E-state index >= 15 is 0 Å². The first-order chi connectivity index (χ1) is 10.1. The standard InChI is InChI=1S/C16H27NO4/c1-11(21-14-6-4-2-3-5-7-14)15(18)17-13-9-8-12(10-13)16(19)20/h11-14H,2-10H2,1H3,(H,17,18)(H,19,20)/t11?,12-,13+/m0/s1. The number of carbonyl (C=O) groups excluding carboxylic acids is 1. The van der Waals surface area contributed by atoms with E-state index < -0.39 is 12.1 Å². The Labute approximate surface area is 126 Å². The molecule has 2 saturated carbocycles. The molecule has 0 saturated heterocycles. The Hall–Kier alpha value is -1.10. The van der Waals surface area contributed by atoms with Crippen LogP contribution >= 0.6 is 0 Å². The second-order valence-corrected chi connectivity index (χ2v) is 6.45. The minimum absolute atomic E-state index is 0.0150. The molecule has 0 bridgehead atoms. The van der Waals surface area contributed by atoms with Gasteiger partial charge in [0.05, 0.1) is 12.0 Å². The van der Waals surface area contributed by atoms with Gasteiger partial charge in [0, 0.05) is 6.04 Å². The van der Waals surface area contributed by atoms with Crippen molar-refractivity contribution in [3.8, 4) is 0 Å². The lowest BCUT2D eigenvalue weighted by Gasteiger charge is -2.22. The molecule has 2 aliphatic rings.